The third-order valence-corrected chi connectivity index (χ3v) is 5.13. The second-order valence-corrected chi connectivity index (χ2v) is 7.07. The van der Waals surface area contributed by atoms with Gasteiger partial charge in [-0.1, -0.05) is 54.2 Å². The summed E-state index contributed by atoms with van der Waals surface area (Å²) in [6.07, 6.45) is 3.70. The highest BCUT2D eigenvalue weighted by Gasteiger charge is 2.14. The van der Waals surface area contributed by atoms with Gasteiger partial charge in [0.05, 0.1) is 13.7 Å². The van der Waals surface area contributed by atoms with Gasteiger partial charge in [0.2, 0.25) is 0 Å². The van der Waals surface area contributed by atoms with Gasteiger partial charge in [0.25, 0.3) is 5.56 Å². The largest absolute Gasteiger partial charge is 0.497 e. The predicted molar refractivity (Wildman–Crippen MR) is 113 cm³/mol. The lowest BCUT2D eigenvalue weighted by Crippen LogP contribution is -2.23. The zero-order valence-electron chi connectivity index (χ0n) is 15.6. The highest BCUT2D eigenvalue weighted by Crippen LogP contribution is 2.24. The van der Waals surface area contributed by atoms with Gasteiger partial charge in [-0.3, -0.25) is 9.36 Å². The van der Waals surface area contributed by atoms with E-state index in [2.05, 4.69) is 9.97 Å². The Bertz CT molecular complexity index is 1170. The van der Waals surface area contributed by atoms with E-state index in [1.54, 1.807) is 17.9 Å². The third-order valence-electron chi connectivity index (χ3n) is 4.57. The van der Waals surface area contributed by atoms with Crippen molar-refractivity contribution < 1.29 is 4.74 Å². The van der Waals surface area contributed by atoms with Crippen molar-refractivity contribution in [3.05, 3.63) is 82.8 Å². The first-order valence-electron chi connectivity index (χ1n) is 8.82. The number of methoxy groups -OCH3 is 1. The van der Waals surface area contributed by atoms with Gasteiger partial charge >= 0.3 is 0 Å². The molecule has 0 unspecified atom stereocenters. The summed E-state index contributed by atoms with van der Waals surface area (Å²) in [4.78, 5) is 22.4. The van der Waals surface area contributed by atoms with E-state index in [1.807, 2.05) is 66.9 Å². The average molecular weight is 389 g/mol. The molecule has 0 fully saturated rings. The summed E-state index contributed by atoms with van der Waals surface area (Å²) in [5, 5.41) is 1.48. The fraction of sp³-hybridized carbons (Fsp3) is 0.136. The number of rotatable bonds is 5. The molecule has 6 heteroatoms. The molecule has 28 heavy (non-hydrogen) atoms. The van der Waals surface area contributed by atoms with E-state index < -0.39 is 0 Å². The lowest BCUT2D eigenvalue weighted by molar-refractivity contribution is 0.415. The van der Waals surface area contributed by atoms with E-state index in [-0.39, 0.29) is 5.56 Å². The van der Waals surface area contributed by atoms with Crippen molar-refractivity contribution in [3.63, 3.8) is 0 Å². The Labute approximate surface area is 167 Å². The summed E-state index contributed by atoms with van der Waals surface area (Å²) in [6.45, 7) is 0.449. The normalized spacial score (nSPS) is 10.9. The van der Waals surface area contributed by atoms with Gasteiger partial charge in [-0.25, -0.2) is 9.97 Å². The van der Waals surface area contributed by atoms with Crippen molar-refractivity contribution in [2.75, 3.05) is 13.4 Å². The minimum absolute atomic E-state index is 0.0766. The number of fused-ring (bicyclic) bond motifs is 1. The van der Waals surface area contributed by atoms with Crippen LogP contribution in [0.3, 0.4) is 0 Å². The van der Waals surface area contributed by atoms with Crippen LogP contribution in [0.4, 0.5) is 0 Å². The minimum atomic E-state index is -0.0766. The van der Waals surface area contributed by atoms with E-state index in [4.69, 9.17) is 4.74 Å². The van der Waals surface area contributed by atoms with Crippen LogP contribution in [0.2, 0.25) is 0 Å². The van der Waals surface area contributed by atoms with Gasteiger partial charge in [0, 0.05) is 17.1 Å². The fourth-order valence-corrected chi connectivity index (χ4v) is 3.47. The molecule has 2 aromatic heterocycles. The van der Waals surface area contributed by atoms with Crippen LogP contribution in [-0.4, -0.2) is 27.9 Å². The molecule has 0 aliphatic heterocycles. The summed E-state index contributed by atoms with van der Waals surface area (Å²) < 4.78 is 6.96. The Morgan fingerprint density at radius 2 is 1.82 bits per heavy atom. The summed E-state index contributed by atoms with van der Waals surface area (Å²) in [5.41, 5.74) is 3.06. The summed E-state index contributed by atoms with van der Waals surface area (Å²) in [5.74, 6) is 0.752. The van der Waals surface area contributed by atoms with Crippen LogP contribution in [0.5, 0.6) is 5.75 Å². The molecule has 2 aromatic carbocycles. The van der Waals surface area contributed by atoms with E-state index in [0.29, 0.717) is 22.9 Å². The van der Waals surface area contributed by atoms with Gasteiger partial charge in [-0.15, -0.1) is 0 Å². The standard InChI is InChI=1S/C22H19N3O2S/c1-27-18-10-8-16(9-11-18)19-12-17-13-23-22(28-2)24-20(17)25(21(19)26)14-15-6-4-3-5-7-15/h3-13H,14H2,1-2H3. The number of hydrogen-bond acceptors (Lipinski definition) is 5. The first-order valence-corrected chi connectivity index (χ1v) is 10.0. The van der Waals surface area contributed by atoms with Crippen molar-refractivity contribution in [3.8, 4) is 16.9 Å². The van der Waals surface area contributed by atoms with Crippen LogP contribution in [-0.2, 0) is 6.54 Å². The molecule has 4 rings (SSSR count). The second kappa shape index (κ2) is 7.86. The molecule has 0 bridgehead atoms. The lowest BCUT2D eigenvalue weighted by Gasteiger charge is -2.13. The molecule has 0 saturated carbocycles. The predicted octanol–water partition coefficient (Wildman–Crippen LogP) is 4.24. The van der Waals surface area contributed by atoms with Gasteiger partial charge in [-0.05, 0) is 35.6 Å². The third kappa shape index (κ3) is 3.51. The van der Waals surface area contributed by atoms with Crippen molar-refractivity contribution in [2.45, 2.75) is 11.7 Å². The molecule has 5 nitrogen and oxygen atoms in total. The lowest BCUT2D eigenvalue weighted by atomic mass is 10.1. The van der Waals surface area contributed by atoms with Crippen LogP contribution in [0.1, 0.15) is 5.56 Å². The first kappa shape index (κ1) is 18.3. The number of ether oxygens (including phenoxy) is 1. The molecule has 0 amide bonds. The maximum atomic E-state index is 13.4. The van der Waals surface area contributed by atoms with Crippen LogP contribution in [0, 0.1) is 0 Å². The van der Waals surface area contributed by atoms with Gasteiger partial charge in [-0.2, -0.15) is 0 Å². The molecule has 0 saturated heterocycles. The molecule has 140 valence electrons. The average Bonchev–Trinajstić information content (AvgIpc) is 2.76. The van der Waals surface area contributed by atoms with E-state index in [0.717, 1.165) is 22.3 Å². The molecule has 0 spiro atoms. The minimum Gasteiger partial charge on any atom is -0.497 e. The molecular weight excluding hydrogens is 370 g/mol. The van der Waals surface area contributed by atoms with Crippen molar-refractivity contribution in [2.24, 2.45) is 0 Å². The molecule has 0 N–H and O–H groups in total. The highest BCUT2D eigenvalue weighted by molar-refractivity contribution is 7.98. The van der Waals surface area contributed by atoms with Crippen LogP contribution in [0.25, 0.3) is 22.2 Å². The molecule has 2 heterocycles. The van der Waals surface area contributed by atoms with Crippen LogP contribution >= 0.6 is 11.8 Å². The summed E-state index contributed by atoms with van der Waals surface area (Å²) in [7, 11) is 1.62. The maximum absolute atomic E-state index is 13.4. The fourth-order valence-electron chi connectivity index (χ4n) is 3.13. The van der Waals surface area contributed by atoms with Crippen molar-refractivity contribution in [1.82, 2.24) is 14.5 Å². The number of aromatic nitrogens is 3. The van der Waals surface area contributed by atoms with Crippen molar-refractivity contribution >= 4 is 22.8 Å². The number of benzene rings is 2. The molecule has 0 aliphatic carbocycles. The van der Waals surface area contributed by atoms with E-state index in [9.17, 15) is 4.79 Å². The Morgan fingerprint density at radius 1 is 1.07 bits per heavy atom. The number of nitrogens with zero attached hydrogens (tertiary/aromatic N) is 3. The first-order chi connectivity index (χ1) is 13.7. The number of hydrogen-bond donors (Lipinski definition) is 0. The number of pyridine rings is 1. The van der Waals surface area contributed by atoms with E-state index >= 15 is 0 Å². The van der Waals surface area contributed by atoms with Gasteiger partial charge in [0.15, 0.2) is 5.16 Å². The zero-order chi connectivity index (χ0) is 19.5. The van der Waals surface area contributed by atoms with Gasteiger partial charge in [0.1, 0.15) is 11.4 Å². The monoisotopic (exact) mass is 389 g/mol. The molecular formula is C22H19N3O2S. The summed E-state index contributed by atoms with van der Waals surface area (Å²) >= 11 is 1.46. The Kier molecular flexibility index (Phi) is 5.12. The summed E-state index contributed by atoms with van der Waals surface area (Å²) in [6, 6.07) is 19.3. The van der Waals surface area contributed by atoms with Crippen molar-refractivity contribution in [1.29, 1.82) is 0 Å². The molecule has 0 atom stereocenters. The smallest absolute Gasteiger partial charge is 0.260 e. The second-order valence-electron chi connectivity index (χ2n) is 6.30. The topological polar surface area (TPSA) is 57.0 Å². The van der Waals surface area contributed by atoms with Crippen LogP contribution in [0.15, 0.2) is 76.8 Å². The Morgan fingerprint density at radius 3 is 2.50 bits per heavy atom. The zero-order valence-corrected chi connectivity index (χ0v) is 16.4. The number of thioether (sulfide) groups is 1. The molecule has 0 aliphatic rings. The van der Waals surface area contributed by atoms with E-state index in [1.165, 1.54) is 11.8 Å². The Balaban J connectivity index is 1.94. The molecule has 4 aromatic rings. The molecule has 0 radical (unpaired) electrons. The Hall–Kier alpha value is -3.12. The van der Waals surface area contributed by atoms with Crippen LogP contribution < -0.4 is 10.3 Å². The maximum Gasteiger partial charge on any atom is 0.260 e. The quantitative estimate of drug-likeness (QED) is 0.377. The SMILES string of the molecule is COc1ccc(-c2cc3cnc(SC)nc3n(Cc3ccccc3)c2=O)cc1. The van der Waals surface area contributed by atoms with Gasteiger partial charge < -0.3 is 4.74 Å². The highest BCUT2D eigenvalue weighted by atomic mass is 32.2.